The van der Waals surface area contributed by atoms with Crippen molar-refractivity contribution in [2.24, 2.45) is 16.6 Å². The lowest BCUT2D eigenvalue weighted by molar-refractivity contribution is 0.314. The zero-order valence-corrected chi connectivity index (χ0v) is 11.1. The van der Waals surface area contributed by atoms with Crippen molar-refractivity contribution in [2.45, 2.75) is 38.1 Å². The Kier molecular flexibility index (Phi) is 3.40. The molecule has 1 aromatic rings. The van der Waals surface area contributed by atoms with Crippen LogP contribution in [0.1, 0.15) is 32.1 Å². The molecule has 3 rings (SSSR count). The van der Waals surface area contributed by atoms with Gasteiger partial charge < -0.3 is 10.6 Å². The first kappa shape index (κ1) is 12.5. The molecule has 1 fully saturated rings. The zero-order chi connectivity index (χ0) is 13.2. The van der Waals surface area contributed by atoms with Crippen LogP contribution < -0.4 is 10.6 Å². The molecule has 102 valence electrons. The number of benzene rings is 1. The highest BCUT2D eigenvalue weighted by Crippen LogP contribution is 2.33. The monoisotopic (exact) mass is 261 g/mol. The quantitative estimate of drug-likeness (QED) is 0.889. The van der Waals surface area contributed by atoms with Gasteiger partial charge in [-0.15, -0.1) is 0 Å². The van der Waals surface area contributed by atoms with Crippen LogP contribution in [0.15, 0.2) is 29.3 Å². The Hall–Kier alpha value is -1.58. The molecule has 0 aromatic heterocycles. The lowest BCUT2D eigenvalue weighted by Gasteiger charge is -2.34. The van der Waals surface area contributed by atoms with Gasteiger partial charge in [0.2, 0.25) is 0 Å². The van der Waals surface area contributed by atoms with Gasteiger partial charge in [0, 0.05) is 5.69 Å². The molecular formula is C15H20FN3. The third-order valence-electron chi connectivity index (χ3n) is 4.30. The molecule has 1 aliphatic carbocycles. The maximum absolute atomic E-state index is 13.4. The summed E-state index contributed by atoms with van der Waals surface area (Å²) in [7, 11) is 0. The molecule has 1 heterocycles. The van der Waals surface area contributed by atoms with Gasteiger partial charge in [-0.3, -0.25) is 4.99 Å². The van der Waals surface area contributed by atoms with E-state index in [4.69, 9.17) is 5.73 Å². The van der Waals surface area contributed by atoms with Gasteiger partial charge in [-0.1, -0.05) is 25.3 Å². The van der Waals surface area contributed by atoms with Crippen molar-refractivity contribution in [1.29, 1.82) is 0 Å². The van der Waals surface area contributed by atoms with E-state index >= 15 is 0 Å². The third kappa shape index (κ3) is 2.44. The zero-order valence-electron chi connectivity index (χ0n) is 11.1. The Balaban J connectivity index is 1.85. The lowest BCUT2D eigenvalue weighted by atomic mass is 9.83. The van der Waals surface area contributed by atoms with Crippen molar-refractivity contribution in [3.8, 4) is 0 Å². The Bertz CT molecular complexity index is 480. The minimum Gasteiger partial charge on any atom is -0.370 e. The van der Waals surface area contributed by atoms with Crippen molar-refractivity contribution in [1.82, 2.24) is 0 Å². The molecule has 0 amide bonds. The number of hydrogen-bond acceptors (Lipinski definition) is 3. The number of aliphatic imine (C=N–C) groups is 1. The van der Waals surface area contributed by atoms with Crippen molar-refractivity contribution in [3.05, 3.63) is 30.1 Å². The van der Waals surface area contributed by atoms with Crippen LogP contribution in [0.5, 0.6) is 0 Å². The number of anilines is 1. The van der Waals surface area contributed by atoms with Gasteiger partial charge in [-0.25, -0.2) is 4.39 Å². The Labute approximate surface area is 113 Å². The number of nitrogens with zero attached hydrogens (tertiary/aromatic N) is 2. The number of nitrogens with two attached hydrogens (primary N) is 1. The van der Waals surface area contributed by atoms with Crippen LogP contribution in [0.2, 0.25) is 0 Å². The fourth-order valence-corrected chi connectivity index (χ4v) is 3.34. The van der Waals surface area contributed by atoms with E-state index in [1.54, 1.807) is 12.1 Å². The highest BCUT2D eigenvalue weighted by atomic mass is 19.1. The molecule has 1 saturated carbocycles. The summed E-state index contributed by atoms with van der Waals surface area (Å²) in [5.41, 5.74) is 6.84. The third-order valence-corrected chi connectivity index (χ3v) is 4.30. The van der Waals surface area contributed by atoms with E-state index in [1.165, 1.54) is 38.2 Å². The van der Waals surface area contributed by atoms with Crippen LogP contribution in [0.3, 0.4) is 0 Å². The second-order valence-corrected chi connectivity index (χ2v) is 5.51. The van der Waals surface area contributed by atoms with E-state index in [0.717, 1.165) is 12.2 Å². The molecule has 2 aliphatic rings. The van der Waals surface area contributed by atoms with Crippen LogP contribution >= 0.6 is 0 Å². The summed E-state index contributed by atoms with van der Waals surface area (Å²) in [4.78, 5) is 6.40. The summed E-state index contributed by atoms with van der Waals surface area (Å²) in [6, 6.07) is 6.95. The molecule has 2 N–H and O–H groups in total. The first-order valence-corrected chi connectivity index (χ1v) is 7.10. The fourth-order valence-electron chi connectivity index (χ4n) is 3.34. The Morgan fingerprint density at radius 1 is 1.21 bits per heavy atom. The van der Waals surface area contributed by atoms with Crippen LogP contribution in [-0.4, -0.2) is 18.5 Å². The van der Waals surface area contributed by atoms with Crippen molar-refractivity contribution in [3.63, 3.8) is 0 Å². The second kappa shape index (κ2) is 5.19. The van der Waals surface area contributed by atoms with Crippen LogP contribution in [0.25, 0.3) is 0 Å². The Morgan fingerprint density at radius 2 is 2.00 bits per heavy atom. The molecule has 4 heteroatoms. The van der Waals surface area contributed by atoms with E-state index in [-0.39, 0.29) is 5.82 Å². The molecule has 1 aromatic carbocycles. The van der Waals surface area contributed by atoms with Crippen molar-refractivity contribution >= 4 is 11.6 Å². The van der Waals surface area contributed by atoms with Gasteiger partial charge in [0.05, 0.1) is 12.6 Å². The van der Waals surface area contributed by atoms with Gasteiger partial charge in [-0.2, -0.15) is 0 Å². The smallest absolute Gasteiger partial charge is 0.196 e. The van der Waals surface area contributed by atoms with Crippen molar-refractivity contribution in [2.75, 3.05) is 11.4 Å². The lowest BCUT2D eigenvalue weighted by Crippen LogP contribution is -2.45. The minimum absolute atomic E-state index is 0.223. The number of halogens is 1. The van der Waals surface area contributed by atoms with Crippen LogP contribution in [0.4, 0.5) is 10.1 Å². The highest BCUT2D eigenvalue weighted by Gasteiger charge is 2.34. The predicted molar refractivity (Wildman–Crippen MR) is 75.7 cm³/mol. The largest absolute Gasteiger partial charge is 0.370 e. The van der Waals surface area contributed by atoms with Gasteiger partial charge in [0.1, 0.15) is 5.82 Å². The molecular weight excluding hydrogens is 241 g/mol. The summed E-state index contributed by atoms with van der Waals surface area (Å²) < 4.78 is 13.4. The molecule has 1 atom stereocenters. The van der Waals surface area contributed by atoms with E-state index in [1.807, 2.05) is 11.0 Å². The summed E-state index contributed by atoms with van der Waals surface area (Å²) >= 11 is 0. The van der Waals surface area contributed by atoms with E-state index in [2.05, 4.69) is 4.99 Å². The Morgan fingerprint density at radius 3 is 2.74 bits per heavy atom. The average Bonchev–Trinajstić information content (AvgIpc) is 2.82. The normalized spacial score (nSPS) is 24.6. The van der Waals surface area contributed by atoms with E-state index in [9.17, 15) is 4.39 Å². The second-order valence-electron chi connectivity index (χ2n) is 5.51. The van der Waals surface area contributed by atoms with Crippen LogP contribution in [0, 0.1) is 11.7 Å². The van der Waals surface area contributed by atoms with Gasteiger partial charge in [0.25, 0.3) is 0 Å². The summed E-state index contributed by atoms with van der Waals surface area (Å²) in [5.74, 6) is 0.933. The summed E-state index contributed by atoms with van der Waals surface area (Å²) in [6.07, 6.45) is 6.38. The van der Waals surface area contributed by atoms with E-state index < -0.39 is 0 Å². The average molecular weight is 261 g/mol. The molecule has 1 unspecified atom stereocenters. The molecule has 3 nitrogen and oxygen atoms in total. The topological polar surface area (TPSA) is 41.6 Å². The fraction of sp³-hybridized carbons (Fsp3) is 0.533. The van der Waals surface area contributed by atoms with Gasteiger partial charge in [-0.05, 0) is 37.0 Å². The van der Waals surface area contributed by atoms with E-state index in [0.29, 0.717) is 17.9 Å². The van der Waals surface area contributed by atoms with Gasteiger partial charge in [0.15, 0.2) is 5.96 Å². The standard InChI is InChI=1S/C15H20FN3/c16-12-7-4-8-13(9-12)19-14(10-18-15(19)17)11-5-2-1-3-6-11/h4,7-9,11,14H,1-3,5-6,10H2,(H2,17,18). The molecule has 19 heavy (non-hydrogen) atoms. The molecule has 1 aliphatic heterocycles. The first-order chi connectivity index (χ1) is 9.25. The van der Waals surface area contributed by atoms with Crippen LogP contribution in [-0.2, 0) is 0 Å². The number of hydrogen-bond donors (Lipinski definition) is 1. The molecule has 0 saturated heterocycles. The van der Waals surface area contributed by atoms with Gasteiger partial charge >= 0.3 is 0 Å². The molecule has 0 radical (unpaired) electrons. The molecule has 0 spiro atoms. The maximum atomic E-state index is 13.4. The summed E-state index contributed by atoms with van der Waals surface area (Å²) in [5, 5.41) is 0. The number of rotatable bonds is 2. The summed E-state index contributed by atoms with van der Waals surface area (Å²) in [6.45, 7) is 0.743. The SMILES string of the molecule is NC1=NCC(C2CCCCC2)N1c1cccc(F)c1. The highest BCUT2D eigenvalue weighted by molar-refractivity contribution is 5.97. The maximum Gasteiger partial charge on any atom is 0.196 e. The predicted octanol–water partition coefficient (Wildman–Crippen LogP) is 2.91. The first-order valence-electron chi connectivity index (χ1n) is 7.10. The minimum atomic E-state index is -0.223. The number of guanidine groups is 1. The molecule has 0 bridgehead atoms. The van der Waals surface area contributed by atoms with Crippen molar-refractivity contribution < 1.29 is 4.39 Å².